The maximum absolute atomic E-state index is 10.9. The third-order valence-corrected chi connectivity index (χ3v) is 3.03. The van der Waals surface area contributed by atoms with Gasteiger partial charge in [-0.3, -0.25) is 0 Å². The van der Waals surface area contributed by atoms with E-state index in [0.29, 0.717) is 5.92 Å². The molecule has 0 unspecified atom stereocenters. The van der Waals surface area contributed by atoms with Crippen molar-refractivity contribution in [3.8, 4) is 5.75 Å². The molecule has 1 aromatic heterocycles. The van der Waals surface area contributed by atoms with Gasteiger partial charge in [0.2, 0.25) is 0 Å². The Hall–Kier alpha value is -1.97. The number of carboxylic acid groups (broad SMARTS) is 1. The first-order valence-electron chi connectivity index (χ1n) is 5.72. The number of hydrogen-bond acceptors (Lipinski definition) is 2. The van der Waals surface area contributed by atoms with Gasteiger partial charge in [0.15, 0.2) is 0 Å². The van der Waals surface area contributed by atoms with Crippen LogP contribution < -0.4 is 4.74 Å². The summed E-state index contributed by atoms with van der Waals surface area (Å²) in [6.07, 6.45) is 2.48. The lowest BCUT2D eigenvalue weighted by molar-refractivity contribution is 0.0691. The fraction of sp³-hybridized carbons (Fsp3) is 0.308. The van der Waals surface area contributed by atoms with Gasteiger partial charge in [-0.2, -0.15) is 0 Å². The van der Waals surface area contributed by atoms with Crippen LogP contribution in [0, 0.1) is 5.92 Å². The van der Waals surface area contributed by atoms with E-state index in [0.717, 1.165) is 23.3 Å². The van der Waals surface area contributed by atoms with Gasteiger partial charge in [0.25, 0.3) is 0 Å². The van der Waals surface area contributed by atoms with E-state index in [1.54, 1.807) is 6.07 Å². The molecule has 4 nitrogen and oxygen atoms in total. The molecular weight excluding hydrogens is 218 g/mol. The molecule has 0 radical (unpaired) electrons. The highest BCUT2D eigenvalue weighted by molar-refractivity contribution is 5.96. The highest BCUT2D eigenvalue weighted by atomic mass is 16.5. The van der Waals surface area contributed by atoms with Crippen molar-refractivity contribution in [2.24, 2.45) is 5.92 Å². The summed E-state index contributed by atoms with van der Waals surface area (Å²) >= 11 is 0. The summed E-state index contributed by atoms with van der Waals surface area (Å²) in [6, 6.07) is 7.22. The summed E-state index contributed by atoms with van der Waals surface area (Å²) in [6.45, 7) is 0.729. The molecule has 4 heteroatoms. The molecule has 88 valence electrons. The molecule has 0 spiro atoms. The highest BCUT2D eigenvalue weighted by Gasteiger charge is 2.22. The van der Waals surface area contributed by atoms with Gasteiger partial charge < -0.3 is 14.8 Å². The van der Waals surface area contributed by atoms with Crippen molar-refractivity contribution >= 4 is 16.9 Å². The number of aromatic amines is 1. The molecule has 0 amide bonds. The van der Waals surface area contributed by atoms with E-state index in [1.165, 1.54) is 12.8 Å². The second-order valence-electron chi connectivity index (χ2n) is 4.46. The minimum absolute atomic E-state index is 0.197. The SMILES string of the molecule is O=C(O)c1cc2c(OCC3CC3)cccc2[nH]1. The van der Waals surface area contributed by atoms with Crippen LogP contribution in [0.4, 0.5) is 0 Å². The Kier molecular flexibility index (Phi) is 2.28. The summed E-state index contributed by atoms with van der Waals surface area (Å²) in [7, 11) is 0. The molecule has 17 heavy (non-hydrogen) atoms. The van der Waals surface area contributed by atoms with Crippen LogP contribution in [0.3, 0.4) is 0 Å². The standard InChI is InChI=1S/C13H13NO3/c15-13(16)11-6-9-10(14-11)2-1-3-12(9)17-7-8-4-5-8/h1-3,6,8,14H,4-5,7H2,(H,15,16). The Balaban J connectivity index is 1.95. The Morgan fingerprint density at radius 3 is 3.00 bits per heavy atom. The second-order valence-corrected chi connectivity index (χ2v) is 4.46. The second kappa shape index (κ2) is 3.80. The predicted octanol–water partition coefficient (Wildman–Crippen LogP) is 2.65. The van der Waals surface area contributed by atoms with Gasteiger partial charge in [0.1, 0.15) is 11.4 Å². The number of H-pyrrole nitrogens is 1. The topological polar surface area (TPSA) is 62.3 Å². The van der Waals surface area contributed by atoms with E-state index in [1.807, 2.05) is 18.2 Å². The van der Waals surface area contributed by atoms with Gasteiger partial charge in [0.05, 0.1) is 6.61 Å². The summed E-state index contributed by atoms with van der Waals surface area (Å²) in [5, 5.41) is 9.77. The lowest BCUT2D eigenvalue weighted by Crippen LogP contribution is -1.98. The molecule has 1 aliphatic carbocycles. The summed E-state index contributed by atoms with van der Waals surface area (Å²) in [4.78, 5) is 13.7. The van der Waals surface area contributed by atoms with Crippen molar-refractivity contribution in [1.29, 1.82) is 0 Å². The van der Waals surface area contributed by atoms with E-state index in [2.05, 4.69) is 4.98 Å². The van der Waals surface area contributed by atoms with Crippen LogP contribution >= 0.6 is 0 Å². The maximum Gasteiger partial charge on any atom is 0.352 e. The zero-order valence-corrected chi connectivity index (χ0v) is 9.27. The Morgan fingerprint density at radius 2 is 2.29 bits per heavy atom. The van der Waals surface area contributed by atoms with Crippen molar-refractivity contribution < 1.29 is 14.6 Å². The van der Waals surface area contributed by atoms with E-state index < -0.39 is 5.97 Å². The molecule has 1 aromatic carbocycles. The van der Waals surface area contributed by atoms with E-state index in [9.17, 15) is 4.79 Å². The smallest absolute Gasteiger partial charge is 0.352 e. The molecular formula is C13H13NO3. The lowest BCUT2D eigenvalue weighted by atomic mass is 10.2. The molecule has 1 fully saturated rings. The van der Waals surface area contributed by atoms with E-state index in [-0.39, 0.29) is 5.69 Å². The summed E-state index contributed by atoms with van der Waals surface area (Å²) < 4.78 is 5.72. The zero-order chi connectivity index (χ0) is 11.8. The van der Waals surface area contributed by atoms with Crippen molar-refractivity contribution in [1.82, 2.24) is 4.98 Å². The quantitative estimate of drug-likeness (QED) is 0.850. The maximum atomic E-state index is 10.9. The van der Waals surface area contributed by atoms with Crippen LogP contribution in [0.1, 0.15) is 23.3 Å². The Morgan fingerprint density at radius 1 is 1.47 bits per heavy atom. The highest BCUT2D eigenvalue weighted by Crippen LogP contribution is 2.32. The number of aromatic nitrogens is 1. The van der Waals surface area contributed by atoms with Gasteiger partial charge in [-0.1, -0.05) is 6.07 Å². The van der Waals surface area contributed by atoms with Crippen molar-refractivity contribution in [3.63, 3.8) is 0 Å². The average molecular weight is 231 g/mol. The lowest BCUT2D eigenvalue weighted by Gasteiger charge is -2.05. The minimum atomic E-state index is -0.950. The number of nitrogens with one attached hydrogen (secondary N) is 1. The van der Waals surface area contributed by atoms with Gasteiger partial charge >= 0.3 is 5.97 Å². The molecule has 1 saturated carbocycles. The average Bonchev–Trinajstić information content (AvgIpc) is 3.02. The molecule has 2 aromatic rings. The summed E-state index contributed by atoms with van der Waals surface area (Å²) in [5.41, 5.74) is 0.998. The first-order chi connectivity index (χ1) is 8.24. The monoisotopic (exact) mass is 231 g/mol. The number of benzene rings is 1. The third kappa shape index (κ3) is 1.98. The fourth-order valence-corrected chi connectivity index (χ4v) is 1.86. The summed E-state index contributed by atoms with van der Waals surface area (Å²) in [5.74, 6) is 0.496. The number of hydrogen-bond donors (Lipinski definition) is 2. The molecule has 0 bridgehead atoms. The van der Waals surface area contributed by atoms with Gasteiger partial charge in [-0.05, 0) is 37.0 Å². The minimum Gasteiger partial charge on any atom is -0.493 e. The molecule has 2 N–H and O–H groups in total. The van der Waals surface area contributed by atoms with Crippen LogP contribution in [0.15, 0.2) is 24.3 Å². The first kappa shape index (κ1) is 10.2. The predicted molar refractivity (Wildman–Crippen MR) is 63.5 cm³/mol. The number of aromatic carboxylic acids is 1. The number of rotatable bonds is 4. The normalized spacial score (nSPS) is 15.1. The van der Waals surface area contributed by atoms with Crippen molar-refractivity contribution in [2.75, 3.05) is 6.61 Å². The molecule has 0 atom stereocenters. The largest absolute Gasteiger partial charge is 0.493 e. The van der Waals surface area contributed by atoms with Crippen LogP contribution in [0.5, 0.6) is 5.75 Å². The van der Waals surface area contributed by atoms with Gasteiger partial charge in [-0.25, -0.2) is 4.79 Å². The Labute approximate surface area is 98.2 Å². The number of carboxylic acids is 1. The Bertz CT molecular complexity index is 569. The number of ether oxygens (including phenoxy) is 1. The van der Waals surface area contributed by atoms with Crippen molar-refractivity contribution in [2.45, 2.75) is 12.8 Å². The van der Waals surface area contributed by atoms with Crippen LogP contribution in [0.25, 0.3) is 10.9 Å². The molecule has 3 rings (SSSR count). The van der Waals surface area contributed by atoms with Crippen LogP contribution in [-0.2, 0) is 0 Å². The first-order valence-corrected chi connectivity index (χ1v) is 5.72. The molecule has 0 aliphatic heterocycles. The third-order valence-electron chi connectivity index (χ3n) is 3.03. The van der Waals surface area contributed by atoms with E-state index in [4.69, 9.17) is 9.84 Å². The fourth-order valence-electron chi connectivity index (χ4n) is 1.86. The molecule has 0 saturated heterocycles. The van der Waals surface area contributed by atoms with Crippen molar-refractivity contribution in [3.05, 3.63) is 30.0 Å². The zero-order valence-electron chi connectivity index (χ0n) is 9.27. The van der Waals surface area contributed by atoms with Crippen LogP contribution in [-0.4, -0.2) is 22.7 Å². The molecule has 1 aliphatic rings. The number of fused-ring (bicyclic) bond motifs is 1. The van der Waals surface area contributed by atoms with E-state index >= 15 is 0 Å². The molecule has 1 heterocycles. The van der Waals surface area contributed by atoms with Gasteiger partial charge in [0, 0.05) is 10.9 Å². The van der Waals surface area contributed by atoms with Crippen LogP contribution in [0.2, 0.25) is 0 Å². The van der Waals surface area contributed by atoms with Gasteiger partial charge in [-0.15, -0.1) is 0 Å². The number of carbonyl (C=O) groups is 1.